The van der Waals surface area contributed by atoms with Gasteiger partial charge < -0.3 is 10.1 Å². The van der Waals surface area contributed by atoms with Crippen LogP contribution in [-0.2, 0) is 4.74 Å². The van der Waals surface area contributed by atoms with E-state index in [4.69, 9.17) is 16.3 Å². The molecule has 100 valence electrons. The molecule has 1 aromatic rings. The summed E-state index contributed by atoms with van der Waals surface area (Å²) in [5.74, 6) is 2.18. The minimum absolute atomic E-state index is 0.183. The van der Waals surface area contributed by atoms with E-state index in [2.05, 4.69) is 29.1 Å². The number of aromatic nitrogens is 2. The minimum Gasteiger partial charge on any atom is -0.382 e. The van der Waals surface area contributed by atoms with Gasteiger partial charge >= 0.3 is 0 Å². The number of ether oxygens (including phenoxy) is 1. The van der Waals surface area contributed by atoms with Crippen molar-refractivity contribution in [2.45, 2.75) is 45.1 Å². The van der Waals surface area contributed by atoms with E-state index in [9.17, 15) is 0 Å². The highest BCUT2D eigenvalue weighted by molar-refractivity contribution is 6.30. The van der Waals surface area contributed by atoms with Gasteiger partial charge in [-0.3, -0.25) is 0 Å². The molecule has 0 aromatic carbocycles. The fourth-order valence-electron chi connectivity index (χ4n) is 1.87. The molecule has 1 aromatic heterocycles. The Hall–Kier alpha value is -0.870. The molecular weight excluding hydrogens is 250 g/mol. The van der Waals surface area contributed by atoms with E-state index in [1.165, 1.54) is 12.8 Å². The molecule has 0 amide bonds. The third-order valence-electron chi connectivity index (χ3n) is 3.01. The SMILES string of the molecule is COCC(C)(C)Nc1nc(C2CC2)nc(Cl)c1C. The van der Waals surface area contributed by atoms with Crippen LogP contribution in [0.3, 0.4) is 0 Å². The summed E-state index contributed by atoms with van der Waals surface area (Å²) in [5.41, 5.74) is 0.711. The fraction of sp³-hybridized carbons (Fsp3) is 0.692. The van der Waals surface area contributed by atoms with Crippen molar-refractivity contribution in [3.8, 4) is 0 Å². The molecule has 2 rings (SSSR count). The molecule has 5 heteroatoms. The summed E-state index contributed by atoms with van der Waals surface area (Å²) in [7, 11) is 1.69. The Morgan fingerprint density at radius 1 is 1.39 bits per heavy atom. The number of nitrogens with zero attached hydrogens (tertiary/aromatic N) is 2. The summed E-state index contributed by atoms with van der Waals surface area (Å²) in [6.07, 6.45) is 2.33. The van der Waals surface area contributed by atoms with Crippen molar-refractivity contribution in [2.24, 2.45) is 0 Å². The number of hydrogen-bond acceptors (Lipinski definition) is 4. The highest BCUT2D eigenvalue weighted by Gasteiger charge is 2.29. The van der Waals surface area contributed by atoms with Crippen LogP contribution in [-0.4, -0.2) is 29.2 Å². The molecule has 1 aliphatic rings. The molecule has 0 aliphatic heterocycles. The fourth-order valence-corrected chi connectivity index (χ4v) is 2.04. The first-order chi connectivity index (χ1) is 8.43. The second-order valence-corrected chi connectivity index (χ2v) is 5.92. The Labute approximate surface area is 113 Å². The first-order valence-corrected chi connectivity index (χ1v) is 6.62. The molecular formula is C13H20ClN3O. The third-order valence-corrected chi connectivity index (χ3v) is 3.38. The summed E-state index contributed by atoms with van der Waals surface area (Å²) in [4.78, 5) is 8.95. The molecule has 1 heterocycles. The summed E-state index contributed by atoms with van der Waals surface area (Å²) in [6, 6.07) is 0. The van der Waals surface area contributed by atoms with Crippen molar-refractivity contribution in [1.29, 1.82) is 0 Å². The van der Waals surface area contributed by atoms with Crippen molar-refractivity contribution < 1.29 is 4.74 Å². The van der Waals surface area contributed by atoms with Crippen molar-refractivity contribution in [3.05, 3.63) is 16.5 Å². The van der Waals surface area contributed by atoms with E-state index in [0.717, 1.165) is 17.2 Å². The minimum atomic E-state index is -0.183. The molecule has 1 aliphatic carbocycles. The zero-order chi connectivity index (χ0) is 13.3. The van der Waals surface area contributed by atoms with Crippen LogP contribution in [0.5, 0.6) is 0 Å². The second kappa shape index (κ2) is 5.02. The molecule has 0 atom stereocenters. The predicted molar refractivity (Wildman–Crippen MR) is 73.3 cm³/mol. The largest absolute Gasteiger partial charge is 0.382 e. The van der Waals surface area contributed by atoms with Crippen molar-refractivity contribution in [2.75, 3.05) is 19.0 Å². The summed E-state index contributed by atoms with van der Waals surface area (Å²) in [6.45, 7) is 6.68. The predicted octanol–water partition coefficient (Wildman–Crippen LogP) is 3.15. The first-order valence-electron chi connectivity index (χ1n) is 6.24. The Morgan fingerprint density at radius 3 is 2.61 bits per heavy atom. The van der Waals surface area contributed by atoms with Crippen LogP contribution < -0.4 is 5.32 Å². The maximum Gasteiger partial charge on any atom is 0.137 e. The van der Waals surface area contributed by atoms with Gasteiger partial charge in [-0.25, -0.2) is 9.97 Å². The smallest absolute Gasteiger partial charge is 0.137 e. The van der Waals surface area contributed by atoms with Crippen LogP contribution in [0.25, 0.3) is 0 Å². The Kier molecular flexibility index (Phi) is 3.78. The molecule has 18 heavy (non-hydrogen) atoms. The van der Waals surface area contributed by atoms with E-state index in [1.54, 1.807) is 7.11 Å². The lowest BCUT2D eigenvalue weighted by Gasteiger charge is -2.27. The zero-order valence-corrected chi connectivity index (χ0v) is 12.1. The van der Waals surface area contributed by atoms with Gasteiger partial charge in [0.15, 0.2) is 0 Å². The van der Waals surface area contributed by atoms with Crippen LogP contribution in [0, 0.1) is 6.92 Å². The molecule has 1 saturated carbocycles. The summed E-state index contributed by atoms with van der Waals surface area (Å²) in [5, 5.41) is 3.93. The van der Waals surface area contributed by atoms with Crippen LogP contribution in [0.4, 0.5) is 5.82 Å². The summed E-state index contributed by atoms with van der Waals surface area (Å²) >= 11 is 6.17. The summed E-state index contributed by atoms with van der Waals surface area (Å²) < 4.78 is 5.20. The lowest BCUT2D eigenvalue weighted by atomic mass is 10.1. The van der Waals surface area contributed by atoms with Gasteiger partial charge in [-0.15, -0.1) is 0 Å². The molecule has 0 radical (unpaired) electrons. The highest BCUT2D eigenvalue weighted by Crippen LogP contribution is 2.39. The molecule has 1 fully saturated rings. The Balaban J connectivity index is 2.25. The van der Waals surface area contributed by atoms with Gasteiger partial charge in [0.1, 0.15) is 16.8 Å². The van der Waals surface area contributed by atoms with Crippen LogP contribution in [0.1, 0.15) is 44.0 Å². The van der Waals surface area contributed by atoms with Crippen LogP contribution in [0.15, 0.2) is 0 Å². The topological polar surface area (TPSA) is 47.0 Å². The normalized spacial score (nSPS) is 15.8. The van der Waals surface area contributed by atoms with Gasteiger partial charge in [-0.2, -0.15) is 0 Å². The lowest BCUT2D eigenvalue weighted by molar-refractivity contribution is 0.158. The van der Waals surface area contributed by atoms with E-state index in [-0.39, 0.29) is 5.54 Å². The van der Waals surface area contributed by atoms with Crippen LogP contribution >= 0.6 is 11.6 Å². The first kappa shape index (κ1) is 13.6. The average molecular weight is 270 g/mol. The van der Waals surface area contributed by atoms with E-state index in [1.807, 2.05) is 6.92 Å². The van der Waals surface area contributed by atoms with Gasteiger partial charge in [0.2, 0.25) is 0 Å². The Morgan fingerprint density at radius 2 is 2.06 bits per heavy atom. The molecule has 0 spiro atoms. The molecule has 0 unspecified atom stereocenters. The van der Waals surface area contributed by atoms with Crippen LogP contribution in [0.2, 0.25) is 5.15 Å². The molecule has 4 nitrogen and oxygen atoms in total. The number of methoxy groups -OCH3 is 1. The number of rotatable bonds is 5. The molecule has 0 bridgehead atoms. The maximum atomic E-state index is 6.17. The van der Waals surface area contributed by atoms with E-state index >= 15 is 0 Å². The Bertz CT molecular complexity index is 444. The van der Waals surface area contributed by atoms with E-state index < -0.39 is 0 Å². The van der Waals surface area contributed by atoms with Gasteiger partial charge in [0, 0.05) is 18.6 Å². The van der Waals surface area contributed by atoms with Gasteiger partial charge in [0.25, 0.3) is 0 Å². The lowest BCUT2D eigenvalue weighted by Crippen LogP contribution is -2.36. The van der Waals surface area contributed by atoms with Crippen molar-refractivity contribution in [1.82, 2.24) is 9.97 Å². The number of halogens is 1. The number of nitrogens with one attached hydrogen (secondary N) is 1. The standard InChI is InChI=1S/C13H20ClN3O/c1-8-10(14)15-12(9-5-6-9)16-11(8)17-13(2,3)7-18-4/h9H,5-7H2,1-4H3,(H,15,16,17). The monoisotopic (exact) mass is 269 g/mol. The van der Waals surface area contributed by atoms with E-state index in [0.29, 0.717) is 17.7 Å². The molecule has 1 N–H and O–H groups in total. The van der Waals surface area contributed by atoms with Crippen molar-refractivity contribution in [3.63, 3.8) is 0 Å². The van der Waals surface area contributed by atoms with Gasteiger partial charge in [0.05, 0.1) is 12.1 Å². The zero-order valence-electron chi connectivity index (χ0n) is 11.4. The average Bonchev–Trinajstić information content (AvgIpc) is 3.07. The van der Waals surface area contributed by atoms with Crippen molar-refractivity contribution >= 4 is 17.4 Å². The van der Waals surface area contributed by atoms with Gasteiger partial charge in [-0.1, -0.05) is 11.6 Å². The number of anilines is 1. The maximum absolute atomic E-state index is 6.17. The molecule has 0 saturated heterocycles. The van der Waals surface area contributed by atoms with Gasteiger partial charge in [-0.05, 0) is 33.6 Å². The quantitative estimate of drug-likeness (QED) is 0.834. The second-order valence-electron chi connectivity index (χ2n) is 5.56. The highest BCUT2D eigenvalue weighted by atomic mass is 35.5. The third kappa shape index (κ3) is 3.12. The number of hydrogen-bond donors (Lipinski definition) is 1.